The Morgan fingerprint density at radius 3 is 1.26 bits per heavy atom. The third-order valence-corrected chi connectivity index (χ3v) is 16.3. The number of methoxy groups -OCH3 is 3. The largest absolute Gasteiger partial charge is 0.497 e. The minimum atomic E-state index is 0.438. The quantitative estimate of drug-likeness (QED) is 0.0264. The van der Waals surface area contributed by atoms with Crippen LogP contribution < -0.4 is 58.4 Å². The smallest absolute Gasteiger partial charge is 0.229 e. The summed E-state index contributed by atoms with van der Waals surface area (Å²) in [5.74, 6) is 6.06. The van der Waals surface area contributed by atoms with Crippen molar-refractivity contribution >= 4 is 69.8 Å². The Bertz CT molecular complexity index is 4640. The van der Waals surface area contributed by atoms with Crippen LogP contribution in [0.4, 0.5) is 69.8 Å². The van der Waals surface area contributed by atoms with Crippen molar-refractivity contribution in [2.24, 2.45) is 0 Å². The van der Waals surface area contributed by atoms with Gasteiger partial charge < -0.3 is 58.4 Å². The first-order chi connectivity index (χ1) is 50.5. The molecule has 8 aromatic carbocycles. The van der Waals surface area contributed by atoms with E-state index in [1.807, 2.05) is 146 Å². The Kier molecular flexibility index (Phi) is 27.2. The second-order valence-corrected chi connectivity index (χ2v) is 25.2. The molecule has 12 N–H and O–H groups in total. The highest BCUT2D eigenvalue weighted by atomic mass is 16.5. The highest BCUT2D eigenvalue weighted by molar-refractivity contribution is 5.63. The first kappa shape index (κ1) is 74.4. The van der Waals surface area contributed by atoms with E-state index in [9.17, 15) is 0 Å². The highest BCUT2D eigenvalue weighted by Crippen LogP contribution is 2.28. The number of nitrogens with one attached hydrogen (secondary N) is 4. The molecule has 23 heteroatoms. The lowest BCUT2D eigenvalue weighted by atomic mass is 10.00. The molecule has 0 radical (unpaired) electrons. The molecule has 0 amide bonds. The van der Waals surface area contributed by atoms with Crippen LogP contribution in [0.2, 0.25) is 0 Å². The van der Waals surface area contributed by atoms with E-state index in [1.165, 1.54) is 33.4 Å². The number of anilines is 12. The fourth-order valence-corrected chi connectivity index (χ4v) is 11.6. The maximum absolute atomic E-state index is 6.02. The van der Waals surface area contributed by atoms with Gasteiger partial charge in [-0.1, -0.05) is 146 Å². The predicted molar refractivity (Wildman–Crippen MR) is 418 cm³/mol. The van der Waals surface area contributed by atoms with Crippen molar-refractivity contribution in [1.82, 2.24) is 59.5 Å². The van der Waals surface area contributed by atoms with Gasteiger partial charge >= 0.3 is 0 Å². The van der Waals surface area contributed by atoms with Crippen LogP contribution in [0.1, 0.15) is 56.2 Å². The lowest BCUT2D eigenvalue weighted by Crippen LogP contribution is -2.30. The summed E-state index contributed by atoms with van der Waals surface area (Å²) in [7, 11) is 11.1. The van der Waals surface area contributed by atoms with E-state index in [0.29, 0.717) is 66.7 Å². The standard InChI is InChI=1S/C21H23N5O.2C20H23N5O.C20H23N5/c1-27-19-9-5-4-8-18(19)24-21-23-17(12-20(22)25-21)14-26-11-10-15-6-2-3-7-16(15)13-26;1-25(13-15-7-4-3-5-8-15)14-17-12-19(21)24-20(23-17)22-16-9-6-10-18(11-16)26-2;1-25(13-15-6-4-3-5-7-15)14-17-12-19(21)24-20(23-17)22-16-8-10-18(26-2)11-9-16;1-15-7-6-10-17(11-15)22-20-23-18(12-19(21)24-20)14-25(2)13-16-8-4-3-5-9-16/h2-9,12H,10-11,13-14H2,1H3,(H3,22,23,24,25);2*3-12H,13-14H2,1-2H3,(H3,21,22,23,24);3-12H,13-14H2,1-2H3,(H3,21,22,23,24). The predicted octanol–water partition coefficient (Wildman–Crippen LogP) is 14.0. The van der Waals surface area contributed by atoms with Gasteiger partial charge in [-0.3, -0.25) is 19.6 Å². The number of para-hydroxylation sites is 2. The molecule has 0 saturated carbocycles. The van der Waals surface area contributed by atoms with Crippen LogP contribution in [0, 0.1) is 6.92 Å². The number of fused-ring (bicyclic) bond motifs is 1. The van der Waals surface area contributed by atoms with Crippen LogP contribution in [-0.4, -0.2) is 108 Å². The fourth-order valence-electron chi connectivity index (χ4n) is 11.6. The average molecular weight is 1390 g/mol. The Labute approximate surface area is 609 Å². The van der Waals surface area contributed by atoms with Gasteiger partial charge in [-0.15, -0.1) is 0 Å². The summed E-state index contributed by atoms with van der Waals surface area (Å²) in [5.41, 5.74) is 38.7. The number of aromatic nitrogens is 8. The van der Waals surface area contributed by atoms with Crippen molar-refractivity contribution in [2.75, 3.05) is 93.2 Å². The summed E-state index contributed by atoms with van der Waals surface area (Å²) >= 11 is 0. The second kappa shape index (κ2) is 37.9. The monoisotopic (exact) mass is 1390 g/mol. The van der Waals surface area contributed by atoms with E-state index >= 15 is 0 Å². The summed E-state index contributed by atoms with van der Waals surface area (Å²) < 4.78 is 15.8. The average Bonchev–Trinajstić information content (AvgIpc) is 0.844. The van der Waals surface area contributed by atoms with E-state index in [-0.39, 0.29) is 0 Å². The van der Waals surface area contributed by atoms with Crippen LogP contribution in [0.15, 0.2) is 237 Å². The van der Waals surface area contributed by atoms with Crippen molar-refractivity contribution in [3.63, 3.8) is 0 Å². The Hall–Kier alpha value is -12.3. The normalized spacial score (nSPS) is 11.6. The van der Waals surface area contributed by atoms with Crippen molar-refractivity contribution < 1.29 is 14.2 Å². The molecule has 0 atom stereocenters. The number of benzene rings is 8. The van der Waals surface area contributed by atoms with Gasteiger partial charge in [-0.2, -0.15) is 19.9 Å². The van der Waals surface area contributed by atoms with E-state index in [4.69, 9.17) is 37.1 Å². The van der Waals surface area contributed by atoms with Gasteiger partial charge in [-0.25, -0.2) is 19.9 Å². The van der Waals surface area contributed by atoms with Crippen molar-refractivity contribution in [2.45, 2.75) is 65.7 Å². The molecular formula is C81H92N20O3. The molecular weight excluding hydrogens is 1300 g/mol. The van der Waals surface area contributed by atoms with E-state index in [1.54, 1.807) is 33.5 Å². The third-order valence-electron chi connectivity index (χ3n) is 16.3. The van der Waals surface area contributed by atoms with Crippen molar-refractivity contribution in [3.05, 3.63) is 293 Å². The topological polar surface area (TPSA) is 296 Å². The number of rotatable bonds is 25. The fraction of sp³-hybridized carbons (Fsp3) is 0.210. The minimum Gasteiger partial charge on any atom is -0.497 e. The lowest BCUT2D eigenvalue weighted by Gasteiger charge is -2.28. The second-order valence-electron chi connectivity index (χ2n) is 25.2. The Morgan fingerprint density at radius 1 is 0.365 bits per heavy atom. The molecule has 0 aliphatic carbocycles. The maximum atomic E-state index is 6.02. The van der Waals surface area contributed by atoms with E-state index in [2.05, 4.69) is 188 Å². The van der Waals surface area contributed by atoms with Crippen LogP contribution in [0.25, 0.3) is 0 Å². The number of hydrogen-bond donors (Lipinski definition) is 8. The molecule has 0 fully saturated rings. The van der Waals surface area contributed by atoms with Crippen LogP contribution in [-0.2, 0) is 58.8 Å². The van der Waals surface area contributed by atoms with Gasteiger partial charge in [0.1, 0.15) is 40.5 Å². The molecule has 0 bridgehead atoms. The lowest BCUT2D eigenvalue weighted by molar-refractivity contribution is 0.243. The van der Waals surface area contributed by atoms with Crippen LogP contribution >= 0.6 is 0 Å². The van der Waals surface area contributed by atoms with Gasteiger partial charge in [0.25, 0.3) is 0 Å². The molecule has 0 unspecified atom stereocenters. The molecule has 1 aliphatic heterocycles. The molecule has 0 spiro atoms. The molecule has 13 rings (SSSR count). The van der Waals surface area contributed by atoms with Crippen LogP contribution in [0.5, 0.6) is 17.2 Å². The maximum Gasteiger partial charge on any atom is 0.229 e. The Morgan fingerprint density at radius 2 is 0.779 bits per heavy atom. The SMILES string of the molecule is COc1ccc(Nc2nc(N)cc(CN(C)Cc3ccccc3)n2)cc1.COc1cccc(Nc2nc(N)cc(CN(C)Cc3ccccc3)n2)c1.COc1ccccc1Nc1nc(N)cc(CN2CCc3ccccc3C2)n1.Cc1cccc(Nc2nc(N)cc(CN(C)Cc3ccccc3)n2)c1. The molecule has 23 nitrogen and oxygen atoms in total. The number of nitrogens with two attached hydrogens (primary N) is 4. The number of aryl methyl sites for hydroxylation is 1. The van der Waals surface area contributed by atoms with E-state index < -0.39 is 0 Å². The van der Waals surface area contributed by atoms with Gasteiger partial charge in [0, 0.05) is 106 Å². The first-order valence-corrected chi connectivity index (χ1v) is 34.1. The number of hydrogen-bond acceptors (Lipinski definition) is 23. The zero-order chi connectivity index (χ0) is 73.0. The molecule has 104 heavy (non-hydrogen) atoms. The van der Waals surface area contributed by atoms with Crippen molar-refractivity contribution in [3.8, 4) is 17.2 Å². The molecule has 534 valence electrons. The molecule has 1 aliphatic rings. The first-order valence-electron chi connectivity index (χ1n) is 34.1. The number of ether oxygens (including phenoxy) is 3. The molecule has 4 aromatic heterocycles. The third kappa shape index (κ3) is 24.2. The zero-order valence-corrected chi connectivity index (χ0v) is 60.0. The summed E-state index contributed by atoms with van der Waals surface area (Å²) in [5, 5.41) is 12.8. The molecule has 0 saturated heterocycles. The minimum absolute atomic E-state index is 0.438. The summed E-state index contributed by atoms with van der Waals surface area (Å²) in [6.45, 7) is 9.31. The number of nitrogens with zero attached hydrogens (tertiary/aromatic N) is 12. The van der Waals surface area contributed by atoms with Gasteiger partial charge in [0.15, 0.2) is 0 Å². The summed E-state index contributed by atoms with van der Waals surface area (Å²) in [6.07, 6.45) is 1.06. The van der Waals surface area contributed by atoms with Crippen molar-refractivity contribution in [1.29, 1.82) is 0 Å². The van der Waals surface area contributed by atoms with E-state index in [0.717, 1.165) is 108 Å². The summed E-state index contributed by atoms with van der Waals surface area (Å²) in [6, 6.07) is 77.8. The Balaban J connectivity index is 0.000000149. The highest BCUT2D eigenvalue weighted by Gasteiger charge is 2.18. The molecule has 5 heterocycles. The van der Waals surface area contributed by atoms with Crippen LogP contribution in [0.3, 0.4) is 0 Å². The van der Waals surface area contributed by atoms with Gasteiger partial charge in [-0.05, 0) is 129 Å². The summed E-state index contributed by atoms with van der Waals surface area (Å²) in [4.78, 5) is 44.5. The van der Waals surface area contributed by atoms with Gasteiger partial charge in [0.05, 0.1) is 49.8 Å². The van der Waals surface area contributed by atoms with Gasteiger partial charge in [0.2, 0.25) is 23.8 Å². The number of nitrogen functional groups attached to an aromatic ring is 4. The molecule has 12 aromatic rings. The zero-order valence-electron chi connectivity index (χ0n) is 60.0.